The number of rotatable bonds is 4. The van der Waals surface area contributed by atoms with E-state index in [-0.39, 0.29) is 6.61 Å². The van der Waals surface area contributed by atoms with Crippen LogP contribution in [0.5, 0.6) is 0 Å². The molecule has 0 aliphatic heterocycles. The van der Waals surface area contributed by atoms with Crippen LogP contribution in [0, 0.1) is 0 Å². The molecular formula is C24H32MnN2O8. The van der Waals surface area contributed by atoms with Crippen LogP contribution in [0.3, 0.4) is 0 Å². The molecule has 193 valence electrons. The molecule has 0 unspecified atom stereocenters. The van der Waals surface area contributed by atoms with Gasteiger partial charge in [0.15, 0.2) is 0 Å². The minimum atomic E-state index is -1.44. The number of benzene rings is 2. The van der Waals surface area contributed by atoms with E-state index in [0.29, 0.717) is 16.9 Å². The van der Waals surface area contributed by atoms with Gasteiger partial charge >= 0.3 is 34.7 Å². The summed E-state index contributed by atoms with van der Waals surface area (Å²) in [6.45, 7) is 10.7. The van der Waals surface area contributed by atoms with Gasteiger partial charge in [0, 0.05) is 16.9 Å². The molecule has 0 spiro atoms. The number of aliphatic hydroxyl groups is 1. The predicted molar refractivity (Wildman–Crippen MR) is 125 cm³/mol. The zero-order valence-electron chi connectivity index (χ0n) is 20.6. The summed E-state index contributed by atoms with van der Waals surface area (Å²) in [5.74, 6) is 0. The molecule has 0 saturated heterocycles. The summed E-state index contributed by atoms with van der Waals surface area (Å²) in [5, 5.41) is 14.1. The van der Waals surface area contributed by atoms with Crippen LogP contribution in [-0.4, -0.2) is 34.8 Å². The minimum absolute atomic E-state index is 0.0517. The maximum atomic E-state index is 11.4. The quantitative estimate of drug-likeness (QED) is 0.363. The normalized spacial score (nSPS) is 10.3. The Morgan fingerprint density at radius 1 is 0.857 bits per heavy atom. The van der Waals surface area contributed by atoms with Gasteiger partial charge in [0.05, 0.1) is 6.61 Å². The van der Waals surface area contributed by atoms with E-state index < -0.39 is 38.2 Å². The van der Waals surface area contributed by atoms with E-state index in [9.17, 15) is 14.4 Å². The van der Waals surface area contributed by atoms with Gasteiger partial charge in [0.25, 0.3) is 0 Å². The molecule has 2 amide bonds. The van der Waals surface area contributed by atoms with Crippen molar-refractivity contribution in [1.29, 1.82) is 0 Å². The Morgan fingerprint density at radius 3 is 1.69 bits per heavy atom. The van der Waals surface area contributed by atoms with Crippen molar-refractivity contribution >= 4 is 29.8 Å². The Hall–Kier alpha value is -3.27. The molecule has 2 aromatic carbocycles. The van der Waals surface area contributed by atoms with Crippen LogP contribution < -0.4 is 10.6 Å². The number of carbonyl (C=O) groups is 3. The van der Waals surface area contributed by atoms with Crippen molar-refractivity contribution in [1.82, 2.24) is 0 Å². The van der Waals surface area contributed by atoms with Gasteiger partial charge in [-0.25, -0.2) is 9.59 Å². The van der Waals surface area contributed by atoms with Gasteiger partial charge in [-0.3, -0.25) is 15.4 Å². The van der Waals surface area contributed by atoms with Crippen LogP contribution in [0.4, 0.5) is 21.0 Å². The van der Waals surface area contributed by atoms with Crippen LogP contribution in [0.2, 0.25) is 0 Å². The van der Waals surface area contributed by atoms with E-state index in [1.807, 2.05) is 0 Å². The second-order valence-electron chi connectivity index (χ2n) is 8.92. The van der Waals surface area contributed by atoms with Crippen molar-refractivity contribution in [2.75, 3.05) is 10.6 Å². The number of nitrogens with one attached hydrogen (secondary N) is 2. The third-order valence-electron chi connectivity index (χ3n) is 3.42. The van der Waals surface area contributed by atoms with E-state index in [0.717, 1.165) is 11.8 Å². The van der Waals surface area contributed by atoms with E-state index in [4.69, 9.17) is 22.2 Å². The number of amides is 2. The van der Waals surface area contributed by atoms with Gasteiger partial charge in [-0.05, 0) is 71.4 Å². The molecule has 10 nitrogen and oxygen atoms in total. The summed E-state index contributed by atoms with van der Waals surface area (Å²) >= 11 is -1.44. The van der Waals surface area contributed by atoms with E-state index in [2.05, 4.69) is 10.6 Å². The molecule has 0 heterocycles. The van der Waals surface area contributed by atoms with Gasteiger partial charge < -0.3 is 14.6 Å². The topological polar surface area (TPSA) is 148 Å². The summed E-state index contributed by atoms with van der Waals surface area (Å²) < 4.78 is 27.0. The number of hydrogen-bond acceptors (Lipinski definition) is 8. The molecule has 2 aromatic rings. The summed E-state index contributed by atoms with van der Waals surface area (Å²) in [6.07, 6.45) is -0.307. The summed E-state index contributed by atoms with van der Waals surface area (Å²) in [6, 6.07) is 13.6. The number of hydrogen-bond donors (Lipinski definition) is 3. The summed E-state index contributed by atoms with van der Waals surface area (Å²) in [7, 11) is 0. The van der Waals surface area contributed by atoms with Gasteiger partial charge in [0.2, 0.25) is 0 Å². The first-order valence-corrected chi connectivity index (χ1v) is 11.3. The number of anilines is 2. The molecule has 0 fully saturated rings. The average molecular weight is 531 g/mol. The fraction of sp³-hybridized carbons (Fsp3) is 0.375. The number of aldehydes is 1. The first-order chi connectivity index (χ1) is 16.2. The molecule has 3 N–H and O–H groups in total. The van der Waals surface area contributed by atoms with Crippen molar-refractivity contribution in [2.45, 2.75) is 59.4 Å². The van der Waals surface area contributed by atoms with Gasteiger partial charge in [-0.1, -0.05) is 24.3 Å². The standard InChI is InChI=1S/C12H17NO3.C12H15NO3.Mn.2O/c2*1-12(2,3)16-11(15)13-10-6-4-5-9(7-10)8-14;;;/h4-7,14H,8H2,1-3H3,(H,13,15);4-8H,1-3H3,(H,13,15);;;. The maximum absolute atomic E-state index is 11.4. The third kappa shape index (κ3) is 16.9. The summed E-state index contributed by atoms with van der Waals surface area (Å²) in [5.41, 5.74) is 1.35. The molecule has 0 saturated carbocycles. The molecule has 0 aliphatic rings. The first kappa shape index (κ1) is 31.7. The third-order valence-corrected chi connectivity index (χ3v) is 3.42. The molecule has 0 aliphatic carbocycles. The molecule has 2 rings (SSSR count). The molecular weight excluding hydrogens is 499 g/mol. The first-order valence-electron chi connectivity index (χ1n) is 10.4. The molecule has 0 bridgehead atoms. The van der Waals surface area contributed by atoms with Crippen molar-refractivity contribution < 1.29 is 51.5 Å². The van der Waals surface area contributed by atoms with Gasteiger partial charge in [0.1, 0.15) is 17.5 Å². The van der Waals surface area contributed by atoms with Crippen LogP contribution in [0.25, 0.3) is 0 Å². The van der Waals surface area contributed by atoms with Crippen LogP contribution in [0.15, 0.2) is 48.5 Å². The molecule has 35 heavy (non-hydrogen) atoms. The molecule has 0 radical (unpaired) electrons. The second kappa shape index (κ2) is 15.6. The Morgan fingerprint density at radius 2 is 1.29 bits per heavy atom. The van der Waals surface area contributed by atoms with Gasteiger partial charge in [-0.15, -0.1) is 0 Å². The van der Waals surface area contributed by atoms with Crippen molar-refractivity contribution in [2.24, 2.45) is 0 Å². The Balaban J connectivity index is 0.000000594. The van der Waals surface area contributed by atoms with E-state index in [1.165, 1.54) is 0 Å². The van der Waals surface area contributed by atoms with Gasteiger partial charge in [-0.2, -0.15) is 0 Å². The van der Waals surface area contributed by atoms with E-state index in [1.54, 1.807) is 90.1 Å². The Kier molecular flexibility index (Phi) is 14.1. The second-order valence-corrected chi connectivity index (χ2v) is 9.12. The van der Waals surface area contributed by atoms with Crippen LogP contribution >= 0.6 is 0 Å². The average Bonchev–Trinajstić information content (AvgIpc) is 2.72. The Labute approximate surface area is 211 Å². The zero-order chi connectivity index (χ0) is 27.1. The van der Waals surface area contributed by atoms with E-state index >= 15 is 0 Å². The van der Waals surface area contributed by atoms with Crippen molar-refractivity contribution in [3.05, 3.63) is 59.7 Å². The SMILES string of the molecule is CC(C)(C)OC(=O)Nc1cccc(C=O)c1.CC(C)(C)OC(=O)Nc1cccc(CO)c1.[O]=[Mn]=[O]. The van der Waals surface area contributed by atoms with Crippen LogP contribution in [0.1, 0.15) is 57.5 Å². The zero-order valence-corrected chi connectivity index (χ0v) is 21.8. The number of aliphatic hydroxyl groups excluding tert-OH is 1. The fourth-order valence-corrected chi connectivity index (χ4v) is 2.28. The molecule has 11 heteroatoms. The predicted octanol–water partition coefficient (Wildman–Crippen LogP) is 5.13. The molecule has 0 aromatic heterocycles. The van der Waals surface area contributed by atoms with Crippen LogP contribution in [-0.2, 0) is 38.6 Å². The van der Waals surface area contributed by atoms with Crippen molar-refractivity contribution in [3.8, 4) is 0 Å². The number of ether oxygens (including phenoxy) is 2. The Bertz CT molecular complexity index is 1010. The number of carbonyl (C=O) groups excluding carboxylic acids is 3. The summed E-state index contributed by atoms with van der Waals surface area (Å²) in [4.78, 5) is 33.4. The fourth-order valence-electron chi connectivity index (χ4n) is 2.28. The van der Waals surface area contributed by atoms with Crippen molar-refractivity contribution in [3.63, 3.8) is 0 Å². The molecule has 0 atom stereocenters. The monoisotopic (exact) mass is 531 g/mol.